The summed E-state index contributed by atoms with van der Waals surface area (Å²) in [4.78, 5) is 26.7. The number of rotatable bonds is 6. The molecule has 6 nitrogen and oxygen atoms in total. The summed E-state index contributed by atoms with van der Waals surface area (Å²) >= 11 is 0.889. The van der Waals surface area contributed by atoms with Crippen LogP contribution in [0, 0.1) is 0 Å². The molecule has 0 aliphatic carbocycles. The van der Waals surface area contributed by atoms with Crippen molar-refractivity contribution in [1.82, 2.24) is 0 Å². The lowest BCUT2D eigenvalue weighted by molar-refractivity contribution is -0.113. The molecule has 0 saturated carbocycles. The highest BCUT2D eigenvalue weighted by Gasteiger charge is 2.36. The number of para-hydroxylation sites is 1. The number of nitrogens with zero attached hydrogens (tertiary/aromatic N) is 1. The zero-order valence-electron chi connectivity index (χ0n) is 15.2. The summed E-state index contributed by atoms with van der Waals surface area (Å²) in [5.41, 5.74) is 1.16. The predicted octanol–water partition coefficient (Wildman–Crippen LogP) is 4.34. The van der Waals surface area contributed by atoms with E-state index in [9.17, 15) is 9.59 Å². The first-order valence-electron chi connectivity index (χ1n) is 8.30. The lowest BCUT2D eigenvalue weighted by atomic mass is 10.1. The van der Waals surface area contributed by atoms with Gasteiger partial charge in [-0.05, 0) is 55.1 Å². The lowest BCUT2D eigenvalue weighted by Gasteiger charge is -2.13. The van der Waals surface area contributed by atoms with Gasteiger partial charge in [-0.3, -0.25) is 9.59 Å². The highest BCUT2D eigenvalue weighted by atomic mass is 32.2. The number of imide groups is 1. The normalized spacial score (nSPS) is 15.4. The van der Waals surface area contributed by atoms with Crippen LogP contribution < -0.4 is 19.1 Å². The Bertz CT molecular complexity index is 892. The Hall–Kier alpha value is -2.93. The Morgan fingerprint density at radius 3 is 2.41 bits per heavy atom. The summed E-state index contributed by atoms with van der Waals surface area (Å²) in [6.45, 7) is 2.44. The number of ether oxygens (including phenoxy) is 3. The molecule has 1 fully saturated rings. The molecule has 140 valence electrons. The van der Waals surface area contributed by atoms with Gasteiger partial charge in [0.2, 0.25) is 0 Å². The Morgan fingerprint density at radius 2 is 1.78 bits per heavy atom. The van der Waals surface area contributed by atoms with E-state index in [1.807, 2.05) is 6.92 Å². The van der Waals surface area contributed by atoms with Crippen molar-refractivity contribution in [2.24, 2.45) is 0 Å². The molecule has 27 heavy (non-hydrogen) atoms. The summed E-state index contributed by atoms with van der Waals surface area (Å²) in [7, 11) is 3.07. The summed E-state index contributed by atoms with van der Waals surface area (Å²) in [5.74, 6) is 1.37. The second-order valence-corrected chi connectivity index (χ2v) is 6.52. The number of anilines is 1. The predicted molar refractivity (Wildman–Crippen MR) is 106 cm³/mol. The minimum atomic E-state index is -0.376. The number of thioether (sulfide) groups is 1. The zero-order chi connectivity index (χ0) is 19.4. The Kier molecular flexibility index (Phi) is 5.71. The third kappa shape index (κ3) is 3.78. The molecule has 0 spiro atoms. The third-order valence-corrected chi connectivity index (χ3v) is 4.79. The van der Waals surface area contributed by atoms with Gasteiger partial charge in [0.05, 0.1) is 31.4 Å². The maximum Gasteiger partial charge on any atom is 0.298 e. The standard InChI is InChI=1S/C20H19NO5S/c1-4-26-15-10-8-14(9-11-15)21-19(22)17(27-20(21)23)12-13-6-5-7-16(24-2)18(13)25-3/h5-12H,4H2,1-3H3/b17-12-. The molecule has 0 aromatic heterocycles. The Morgan fingerprint density at radius 1 is 1.04 bits per heavy atom. The maximum absolute atomic E-state index is 12.8. The first-order valence-corrected chi connectivity index (χ1v) is 9.12. The van der Waals surface area contributed by atoms with Crippen LogP contribution >= 0.6 is 11.8 Å². The summed E-state index contributed by atoms with van der Waals surface area (Å²) in [6.07, 6.45) is 1.64. The van der Waals surface area contributed by atoms with E-state index < -0.39 is 0 Å². The Labute approximate surface area is 161 Å². The van der Waals surface area contributed by atoms with Crippen molar-refractivity contribution >= 4 is 34.7 Å². The van der Waals surface area contributed by atoms with Crippen LogP contribution in [0.4, 0.5) is 10.5 Å². The molecule has 0 radical (unpaired) electrons. The van der Waals surface area contributed by atoms with Crippen LogP contribution in [0.1, 0.15) is 12.5 Å². The molecule has 0 unspecified atom stereocenters. The molecule has 2 amide bonds. The van der Waals surface area contributed by atoms with Crippen LogP contribution in [0.25, 0.3) is 6.08 Å². The molecule has 0 bridgehead atoms. The van der Waals surface area contributed by atoms with Gasteiger partial charge in [-0.15, -0.1) is 0 Å². The van der Waals surface area contributed by atoms with E-state index >= 15 is 0 Å². The molecule has 1 heterocycles. The molecule has 0 N–H and O–H groups in total. The van der Waals surface area contributed by atoms with E-state index in [0.717, 1.165) is 16.7 Å². The fourth-order valence-corrected chi connectivity index (χ4v) is 3.55. The van der Waals surface area contributed by atoms with Crippen molar-refractivity contribution in [2.45, 2.75) is 6.92 Å². The monoisotopic (exact) mass is 385 g/mol. The first-order chi connectivity index (χ1) is 13.1. The van der Waals surface area contributed by atoms with Crippen LogP contribution in [0.5, 0.6) is 17.2 Å². The van der Waals surface area contributed by atoms with Crippen LogP contribution in [0.3, 0.4) is 0 Å². The number of hydrogen-bond donors (Lipinski definition) is 0. The lowest BCUT2D eigenvalue weighted by Crippen LogP contribution is -2.27. The topological polar surface area (TPSA) is 65.1 Å². The molecule has 1 aliphatic rings. The van der Waals surface area contributed by atoms with Crippen molar-refractivity contribution in [3.8, 4) is 17.2 Å². The second-order valence-electron chi connectivity index (χ2n) is 5.53. The maximum atomic E-state index is 12.8. The van der Waals surface area contributed by atoms with Gasteiger partial charge in [-0.25, -0.2) is 4.90 Å². The van der Waals surface area contributed by atoms with Crippen molar-refractivity contribution in [1.29, 1.82) is 0 Å². The van der Waals surface area contributed by atoms with E-state index in [0.29, 0.717) is 40.0 Å². The fourth-order valence-electron chi connectivity index (χ4n) is 2.72. The number of hydrogen-bond acceptors (Lipinski definition) is 6. The third-order valence-electron chi connectivity index (χ3n) is 3.92. The molecule has 1 saturated heterocycles. The number of methoxy groups -OCH3 is 2. The molecule has 1 aliphatic heterocycles. The largest absolute Gasteiger partial charge is 0.494 e. The highest BCUT2D eigenvalue weighted by Crippen LogP contribution is 2.39. The van der Waals surface area contributed by atoms with Gasteiger partial charge in [0.1, 0.15) is 5.75 Å². The molecular formula is C20H19NO5S. The molecule has 0 atom stereocenters. The average Bonchev–Trinajstić information content (AvgIpc) is 2.96. The van der Waals surface area contributed by atoms with Crippen molar-refractivity contribution < 1.29 is 23.8 Å². The quantitative estimate of drug-likeness (QED) is 0.689. The zero-order valence-corrected chi connectivity index (χ0v) is 16.0. The fraction of sp³-hybridized carbons (Fsp3) is 0.200. The van der Waals surface area contributed by atoms with Crippen molar-refractivity contribution in [3.05, 3.63) is 52.9 Å². The van der Waals surface area contributed by atoms with E-state index in [-0.39, 0.29) is 11.1 Å². The number of amides is 2. The molecule has 2 aromatic rings. The van der Waals surface area contributed by atoms with Crippen LogP contribution in [-0.4, -0.2) is 32.0 Å². The Balaban J connectivity index is 1.91. The van der Waals surface area contributed by atoms with Crippen molar-refractivity contribution in [2.75, 3.05) is 25.7 Å². The van der Waals surface area contributed by atoms with E-state index in [4.69, 9.17) is 14.2 Å². The van der Waals surface area contributed by atoms with Gasteiger partial charge in [0.25, 0.3) is 11.1 Å². The van der Waals surface area contributed by atoms with Crippen LogP contribution in [0.2, 0.25) is 0 Å². The number of benzene rings is 2. The first kappa shape index (κ1) is 18.8. The average molecular weight is 385 g/mol. The van der Waals surface area contributed by atoms with Gasteiger partial charge in [0.15, 0.2) is 11.5 Å². The summed E-state index contributed by atoms with van der Waals surface area (Å²) < 4.78 is 16.1. The summed E-state index contributed by atoms with van der Waals surface area (Å²) in [5, 5.41) is -0.350. The van der Waals surface area contributed by atoms with E-state index in [2.05, 4.69) is 0 Å². The van der Waals surface area contributed by atoms with Gasteiger partial charge in [-0.1, -0.05) is 12.1 Å². The van der Waals surface area contributed by atoms with Gasteiger partial charge < -0.3 is 14.2 Å². The van der Waals surface area contributed by atoms with Crippen LogP contribution in [-0.2, 0) is 4.79 Å². The number of carbonyl (C=O) groups is 2. The number of carbonyl (C=O) groups excluding carboxylic acids is 2. The SMILES string of the molecule is CCOc1ccc(N2C(=O)S/C(=C\c3cccc(OC)c3OC)C2=O)cc1. The smallest absolute Gasteiger partial charge is 0.298 e. The molecule has 7 heteroatoms. The van der Waals surface area contributed by atoms with Crippen LogP contribution in [0.15, 0.2) is 47.4 Å². The second kappa shape index (κ2) is 8.18. The van der Waals surface area contributed by atoms with E-state index in [1.165, 1.54) is 7.11 Å². The molecule has 2 aromatic carbocycles. The van der Waals surface area contributed by atoms with E-state index in [1.54, 1.807) is 55.7 Å². The van der Waals surface area contributed by atoms with Gasteiger partial charge in [-0.2, -0.15) is 0 Å². The van der Waals surface area contributed by atoms with Crippen molar-refractivity contribution in [3.63, 3.8) is 0 Å². The molecular weight excluding hydrogens is 366 g/mol. The van der Waals surface area contributed by atoms with Gasteiger partial charge in [0, 0.05) is 5.56 Å². The minimum absolute atomic E-state index is 0.320. The highest BCUT2D eigenvalue weighted by molar-refractivity contribution is 8.19. The van der Waals surface area contributed by atoms with Gasteiger partial charge >= 0.3 is 0 Å². The summed E-state index contributed by atoms with van der Waals surface area (Å²) in [6, 6.07) is 12.2. The minimum Gasteiger partial charge on any atom is -0.494 e. The molecule has 3 rings (SSSR count).